The minimum absolute atomic E-state index is 0.175. The third kappa shape index (κ3) is 2.79. The molecule has 1 aromatic rings. The highest BCUT2D eigenvalue weighted by atomic mass is 16.5. The van der Waals surface area contributed by atoms with Gasteiger partial charge in [-0.2, -0.15) is 0 Å². The van der Waals surface area contributed by atoms with Crippen molar-refractivity contribution in [3.05, 3.63) is 46.0 Å². The van der Waals surface area contributed by atoms with Crippen molar-refractivity contribution in [2.45, 2.75) is 53.9 Å². The number of hydrogen-bond acceptors (Lipinski definition) is 2. The number of carbonyl (C=O) groups is 1. The predicted octanol–water partition coefficient (Wildman–Crippen LogP) is 4.40. The highest BCUT2D eigenvalue weighted by molar-refractivity contribution is 5.87. The van der Waals surface area contributed by atoms with Crippen molar-refractivity contribution in [2.24, 2.45) is 0 Å². The number of benzene rings is 1. The van der Waals surface area contributed by atoms with Crippen LogP contribution in [0.2, 0.25) is 0 Å². The van der Waals surface area contributed by atoms with Crippen LogP contribution in [-0.4, -0.2) is 12.6 Å². The Morgan fingerprint density at radius 3 is 2.15 bits per heavy atom. The summed E-state index contributed by atoms with van der Waals surface area (Å²) in [6, 6.07) is 4.26. The van der Waals surface area contributed by atoms with E-state index in [2.05, 4.69) is 32.9 Å². The van der Waals surface area contributed by atoms with Crippen LogP contribution in [-0.2, 0) is 14.9 Å². The SMILES string of the molecule is C/C=C(\C)C(C)(C(=O)OCC)c1c(C)cc(C)cc1C. The largest absolute Gasteiger partial charge is 0.465 e. The van der Waals surface area contributed by atoms with Crippen molar-refractivity contribution < 1.29 is 9.53 Å². The van der Waals surface area contributed by atoms with Crippen LogP contribution in [0.5, 0.6) is 0 Å². The molecular weight excluding hydrogens is 248 g/mol. The maximum absolute atomic E-state index is 12.6. The van der Waals surface area contributed by atoms with Crippen LogP contribution in [0.4, 0.5) is 0 Å². The van der Waals surface area contributed by atoms with Crippen LogP contribution in [0.25, 0.3) is 0 Å². The van der Waals surface area contributed by atoms with Gasteiger partial charge in [-0.15, -0.1) is 0 Å². The summed E-state index contributed by atoms with van der Waals surface area (Å²) in [4.78, 5) is 12.6. The van der Waals surface area contributed by atoms with E-state index in [4.69, 9.17) is 4.74 Å². The fourth-order valence-corrected chi connectivity index (χ4v) is 2.99. The first-order valence-corrected chi connectivity index (χ1v) is 7.17. The fourth-order valence-electron chi connectivity index (χ4n) is 2.99. The first kappa shape index (κ1) is 16.5. The van der Waals surface area contributed by atoms with E-state index in [1.165, 1.54) is 5.56 Å². The molecule has 0 aromatic heterocycles. The fraction of sp³-hybridized carbons (Fsp3) is 0.500. The lowest BCUT2D eigenvalue weighted by Crippen LogP contribution is -2.37. The van der Waals surface area contributed by atoms with E-state index in [-0.39, 0.29) is 5.97 Å². The Hall–Kier alpha value is -1.57. The zero-order valence-corrected chi connectivity index (χ0v) is 13.8. The summed E-state index contributed by atoms with van der Waals surface area (Å²) in [5.74, 6) is -0.175. The van der Waals surface area contributed by atoms with Crippen molar-refractivity contribution in [3.8, 4) is 0 Å². The van der Waals surface area contributed by atoms with Gasteiger partial charge < -0.3 is 4.74 Å². The summed E-state index contributed by atoms with van der Waals surface area (Å²) in [6.45, 7) is 14.4. The second-order valence-electron chi connectivity index (χ2n) is 5.59. The third-order valence-electron chi connectivity index (χ3n) is 4.08. The highest BCUT2D eigenvalue weighted by Crippen LogP contribution is 2.37. The van der Waals surface area contributed by atoms with Gasteiger partial charge in [0.2, 0.25) is 0 Å². The van der Waals surface area contributed by atoms with Gasteiger partial charge in [0, 0.05) is 0 Å². The maximum atomic E-state index is 12.6. The number of carbonyl (C=O) groups excluding carboxylic acids is 1. The number of rotatable bonds is 4. The smallest absolute Gasteiger partial charge is 0.320 e. The van der Waals surface area contributed by atoms with E-state index in [0.29, 0.717) is 6.61 Å². The zero-order chi connectivity index (χ0) is 15.5. The first-order chi connectivity index (χ1) is 9.28. The Balaban J connectivity index is 3.59. The van der Waals surface area contributed by atoms with E-state index in [1.807, 2.05) is 33.8 Å². The summed E-state index contributed by atoms with van der Waals surface area (Å²) in [5, 5.41) is 0. The van der Waals surface area contributed by atoms with Crippen molar-refractivity contribution in [1.82, 2.24) is 0 Å². The predicted molar refractivity (Wildman–Crippen MR) is 84.1 cm³/mol. The molecule has 0 N–H and O–H groups in total. The third-order valence-corrected chi connectivity index (χ3v) is 4.08. The normalized spacial score (nSPS) is 14.8. The topological polar surface area (TPSA) is 26.3 Å². The Kier molecular flexibility index (Phi) is 5.15. The summed E-state index contributed by atoms with van der Waals surface area (Å²) in [7, 11) is 0. The average Bonchev–Trinajstić information content (AvgIpc) is 2.36. The molecule has 0 spiro atoms. The standard InChI is InChI=1S/C18H26O2/c1-8-15(6)18(7,17(19)20-9-2)16-13(4)10-12(3)11-14(16)5/h8,10-11H,9H2,1-7H3/b15-8+. The second-order valence-corrected chi connectivity index (χ2v) is 5.59. The Bertz CT molecular complexity index is 517. The molecule has 0 saturated heterocycles. The molecule has 110 valence electrons. The molecule has 0 aliphatic rings. The molecule has 0 aliphatic heterocycles. The zero-order valence-electron chi connectivity index (χ0n) is 13.8. The van der Waals surface area contributed by atoms with Crippen molar-refractivity contribution in [1.29, 1.82) is 0 Å². The Morgan fingerprint density at radius 2 is 1.75 bits per heavy atom. The van der Waals surface area contributed by atoms with Gasteiger partial charge in [0.15, 0.2) is 0 Å². The molecule has 1 aromatic carbocycles. The highest BCUT2D eigenvalue weighted by Gasteiger charge is 2.40. The molecule has 1 atom stereocenters. The van der Waals surface area contributed by atoms with E-state index < -0.39 is 5.41 Å². The van der Waals surface area contributed by atoms with E-state index in [1.54, 1.807) is 0 Å². The summed E-state index contributed by atoms with van der Waals surface area (Å²) < 4.78 is 5.34. The van der Waals surface area contributed by atoms with Gasteiger partial charge in [0.25, 0.3) is 0 Å². The van der Waals surface area contributed by atoms with Crippen LogP contribution < -0.4 is 0 Å². The van der Waals surface area contributed by atoms with Crippen LogP contribution in [0.3, 0.4) is 0 Å². The lowest BCUT2D eigenvalue weighted by Gasteiger charge is -2.32. The van der Waals surface area contributed by atoms with Gasteiger partial charge >= 0.3 is 5.97 Å². The molecule has 2 heteroatoms. The minimum Gasteiger partial charge on any atom is -0.465 e. The van der Waals surface area contributed by atoms with Crippen LogP contribution in [0, 0.1) is 20.8 Å². The molecule has 0 heterocycles. The van der Waals surface area contributed by atoms with Crippen LogP contribution in [0.15, 0.2) is 23.8 Å². The van der Waals surface area contributed by atoms with Crippen molar-refractivity contribution in [3.63, 3.8) is 0 Å². The number of allylic oxidation sites excluding steroid dienone is 1. The molecule has 0 fully saturated rings. The molecule has 0 aliphatic carbocycles. The van der Waals surface area contributed by atoms with Gasteiger partial charge in [-0.05, 0) is 65.2 Å². The molecule has 0 bridgehead atoms. The molecule has 0 amide bonds. The maximum Gasteiger partial charge on any atom is 0.320 e. The van der Waals surface area contributed by atoms with Gasteiger partial charge in [-0.1, -0.05) is 29.3 Å². The number of hydrogen-bond donors (Lipinski definition) is 0. The molecule has 20 heavy (non-hydrogen) atoms. The lowest BCUT2D eigenvalue weighted by atomic mass is 9.72. The van der Waals surface area contributed by atoms with Gasteiger partial charge in [-0.3, -0.25) is 4.79 Å². The van der Waals surface area contributed by atoms with Crippen LogP contribution >= 0.6 is 0 Å². The average molecular weight is 274 g/mol. The van der Waals surface area contributed by atoms with Crippen LogP contribution in [0.1, 0.15) is 49.9 Å². The molecule has 2 nitrogen and oxygen atoms in total. The van der Waals surface area contributed by atoms with E-state index in [0.717, 1.165) is 22.3 Å². The molecule has 1 unspecified atom stereocenters. The quantitative estimate of drug-likeness (QED) is 0.601. The minimum atomic E-state index is -0.716. The first-order valence-electron chi connectivity index (χ1n) is 7.17. The van der Waals surface area contributed by atoms with Gasteiger partial charge in [-0.25, -0.2) is 0 Å². The molecule has 0 radical (unpaired) electrons. The summed E-state index contributed by atoms with van der Waals surface area (Å²) in [6.07, 6.45) is 2.00. The van der Waals surface area contributed by atoms with Gasteiger partial charge in [0.05, 0.1) is 6.61 Å². The lowest BCUT2D eigenvalue weighted by molar-refractivity contribution is -0.148. The van der Waals surface area contributed by atoms with E-state index >= 15 is 0 Å². The monoisotopic (exact) mass is 274 g/mol. The van der Waals surface area contributed by atoms with Crippen molar-refractivity contribution >= 4 is 5.97 Å². The molecular formula is C18H26O2. The Morgan fingerprint density at radius 1 is 1.25 bits per heavy atom. The Labute approximate surface area is 122 Å². The second kappa shape index (κ2) is 6.25. The number of esters is 1. The number of ether oxygens (including phenoxy) is 1. The summed E-state index contributed by atoms with van der Waals surface area (Å²) in [5.41, 5.74) is 4.86. The van der Waals surface area contributed by atoms with Gasteiger partial charge in [0.1, 0.15) is 5.41 Å². The number of aryl methyl sites for hydroxylation is 3. The van der Waals surface area contributed by atoms with E-state index in [9.17, 15) is 4.79 Å². The summed E-state index contributed by atoms with van der Waals surface area (Å²) >= 11 is 0. The molecule has 0 saturated carbocycles. The molecule has 1 rings (SSSR count). The van der Waals surface area contributed by atoms with Crippen molar-refractivity contribution in [2.75, 3.05) is 6.61 Å².